The third kappa shape index (κ3) is 4.01. The zero-order valence-electron chi connectivity index (χ0n) is 15.1. The highest BCUT2D eigenvalue weighted by atomic mass is 32.2. The van der Waals surface area contributed by atoms with Crippen LogP contribution in [0.5, 0.6) is 0 Å². The molecule has 1 saturated heterocycles. The molecule has 1 aromatic heterocycles. The lowest BCUT2D eigenvalue weighted by Crippen LogP contribution is -2.38. The standard InChI is InChI=1S/C18H22N4O3S/c1-12-4-5-15(13(2)10-12)20-18-19-8-6-16(21-18)17(23)22(3)14-7-9-26(24,25)11-14/h4-6,8,10,14H,7,9,11H2,1-3H3,(H,19,20,21). The quantitative estimate of drug-likeness (QED) is 0.881. The summed E-state index contributed by atoms with van der Waals surface area (Å²) in [4.78, 5) is 22.6. The van der Waals surface area contributed by atoms with E-state index in [9.17, 15) is 13.2 Å². The summed E-state index contributed by atoms with van der Waals surface area (Å²) in [5, 5.41) is 3.13. The van der Waals surface area contributed by atoms with E-state index in [-0.39, 0.29) is 29.1 Å². The first-order valence-corrected chi connectivity index (χ1v) is 10.2. The lowest BCUT2D eigenvalue weighted by atomic mass is 10.1. The molecule has 0 aliphatic carbocycles. The minimum absolute atomic E-state index is 0.00793. The van der Waals surface area contributed by atoms with Gasteiger partial charge in [0.15, 0.2) is 9.84 Å². The van der Waals surface area contributed by atoms with Crippen LogP contribution in [-0.2, 0) is 9.84 Å². The van der Waals surface area contributed by atoms with E-state index in [1.165, 1.54) is 17.2 Å². The van der Waals surface area contributed by atoms with Gasteiger partial charge in [0.05, 0.1) is 11.5 Å². The molecule has 1 N–H and O–H groups in total. The average molecular weight is 374 g/mol. The molecule has 1 amide bonds. The molecule has 1 aliphatic rings. The number of anilines is 2. The van der Waals surface area contributed by atoms with Crippen molar-refractivity contribution in [2.45, 2.75) is 26.3 Å². The van der Waals surface area contributed by atoms with Crippen LogP contribution in [0.4, 0.5) is 11.6 Å². The third-order valence-corrected chi connectivity index (χ3v) is 6.33. The molecule has 1 fully saturated rings. The summed E-state index contributed by atoms with van der Waals surface area (Å²) in [7, 11) is -1.43. The van der Waals surface area contributed by atoms with E-state index in [0.717, 1.165) is 16.8 Å². The van der Waals surface area contributed by atoms with E-state index in [2.05, 4.69) is 15.3 Å². The maximum atomic E-state index is 12.7. The van der Waals surface area contributed by atoms with E-state index in [0.29, 0.717) is 12.4 Å². The number of hydrogen-bond acceptors (Lipinski definition) is 6. The molecule has 1 aliphatic heterocycles. The van der Waals surface area contributed by atoms with Gasteiger partial charge in [0.25, 0.3) is 5.91 Å². The first-order chi connectivity index (χ1) is 12.2. The molecule has 1 aromatic carbocycles. The van der Waals surface area contributed by atoms with Crippen molar-refractivity contribution < 1.29 is 13.2 Å². The van der Waals surface area contributed by atoms with Crippen LogP contribution in [-0.4, -0.2) is 53.8 Å². The van der Waals surface area contributed by atoms with Gasteiger partial charge in [-0.15, -0.1) is 0 Å². The second-order valence-electron chi connectivity index (χ2n) is 6.68. The molecular formula is C18H22N4O3S. The number of hydrogen-bond donors (Lipinski definition) is 1. The Morgan fingerprint density at radius 3 is 2.69 bits per heavy atom. The molecule has 26 heavy (non-hydrogen) atoms. The second-order valence-corrected chi connectivity index (χ2v) is 8.91. The Morgan fingerprint density at radius 2 is 2.04 bits per heavy atom. The van der Waals surface area contributed by atoms with Crippen molar-refractivity contribution in [3.8, 4) is 0 Å². The fourth-order valence-electron chi connectivity index (χ4n) is 3.04. The third-order valence-electron chi connectivity index (χ3n) is 4.58. The predicted molar refractivity (Wildman–Crippen MR) is 100 cm³/mol. The number of sulfone groups is 1. The fourth-order valence-corrected chi connectivity index (χ4v) is 4.81. The minimum atomic E-state index is -3.05. The molecule has 8 heteroatoms. The number of nitrogens with zero attached hydrogens (tertiary/aromatic N) is 3. The van der Waals surface area contributed by atoms with E-state index in [1.54, 1.807) is 7.05 Å². The highest BCUT2D eigenvalue weighted by molar-refractivity contribution is 7.91. The van der Waals surface area contributed by atoms with Gasteiger partial charge in [-0.25, -0.2) is 18.4 Å². The minimum Gasteiger partial charge on any atom is -0.336 e. The summed E-state index contributed by atoms with van der Waals surface area (Å²) < 4.78 is 23.3. The van der Waals surface area contributed by atoms with Gasteiger partial charge >= 0.3 is 0 Å². The second kappa shape index (κ2) is 7.03. The molecule has 7 nitrogen and oxygen atoms in total. The molecule has 3 rings (SSSR count). The molecular weight excluding hydrogens is 352 g/mol. The highest BCUT2D eigenvalue weighted by Crippen LogP contribution is 2.21. The Kier molecular flexibility index (Phi) is 4.95. The summed E-state index contributed by atoms with van der Waals surface area (Å²) in [6.07, 6.45) is 1.98. The Hall–Kier alpha value is -2.48. The SMILES string of the molecule is Cc1ccc(Nc2nccc(C(=O)N(C)C3CCS(=O)(=O)C3)n2)c(C)c1. The number of rotatable bonds is 4. The van der Waals surface area contributed by atoms with Crippen LogP contribution in [0.25, 0.3) is 0 Å². The number of nitrogens with one attached hydrogen (secondary N) is 1. The monoisotopic (exact) mass is 374 g/mol. The zero-order chi connectivity index (χ0) is 18.9. The summed E-state index contributed by atoms with van der Waals surface area (Å²) >= 11 is 0. The number of carbonyl (C=O) groups is 1. The van der Waals surface area contributed by atoms with Crippen LogP contribution in [0.3, 0.4) is 0 Å². The van der Waals surface area contributed by atoms with E-state index in [4.69, 9.17) is 0 Å². The maximum absolute atomic E-state index is 12.7. The Morgan fingerprint density at radius 1 is 1.27 bits per heavy atom. The van der Waals surface area contributed by atoms with E-state index >= 15 is 0 Å². The van der Waals surface area contributed by atoms with Crippen LogP contribution >= 0.6 is 0 Å². The van der Waals surface area contributed by atoms with Crippen molar-refractivity contribution in [1.82, 2.24) is 14.9 Å². The molecule has 1 atom stereocenters. The fraction of sp³-hybridized carbons (Fsp3) is 0.389. The van der Waals surface area contributed by atoms with Gasteiger partial charge in [-0.3, -0.25) is 4.79 Å². The molecule has 0 radical (unpaired) electrons. The molecule has 138 valence electrons. The van der Waals surface area contributed by atoms with Crippen molar-refractivity contribution in [1.29, 1.82) is 0 Å². The molecule has 0 saturated carbocycles. The van der Waals surface area contributed by atoms with Crippen molar-refractivity contribution in [3.05, 3.63) is 47.3 Å². The normalized spacial score (nSPS) is 18.5. The number of aryl methyl sites for hydroxylation is 2. The zero-order valence-corrected chi connectivity index (χ0v) is 15.9. The molecule has 1 unspecified atom stereocenters. The van der Waals surface area contributed by atoms with Crippen LogP contribution in [0, 0.1) is 13.8 Å². The topological polar surface area (TPSA) is 92.3 Å². The first-order valence-electron chi connectivity index (χ1n) is 8.40. The van der Waals surface area contributed by atoms with Crippen LogP contribution in [0.2, 0.25) is 0 Å². The Balaban J connectivity index is 1.77. The van der Waals surface area contributed by atoms with Gasteiger partial charge in [0, 0.05) is 25.0 Å². The van der Waals surface area contributed by atoms with Crippen molar-refractivity contribution >= 4 is 27.4 Å². The number of carbonyl (C=O) groups excluding carboxylic acids is 1. The van der Waals surface area contributed by atoms with Gasteiger partial charge in [-0.1, -0.05) is 17.7 Å². The van der Waals surface area contributed by atoms with Crippen molar-refractivity contribution in [2.75, 3.05) is 23.9 Å². The molecule has 0 bridgehead atoms. The van der Waals surface area contributed by atoms with Gasteiger partial charge in [0.1, 0.15) is 5.69 Å². The lowest BCUT2D eigenvalue weighted by Gasteiger charge is -2.23. The largest absolute Gasteiger partial charge is 0.336 e. The maximum Gasteiger partial charge on any atom is 0.272 e. The van der Waals surface area contributed by atoms with Crippen LogP contribution in [0.1, 0.15) is 28.0 Å². The van der Waals surface area contributed by atoms with Gasteiger partial charge in [0.2, 0.25) is 5.95 Å². The molecule has 2 aromatic rings. The number of benzene rings is 1. The van der Waals surface area contributed by atoms with Gasteiger partial charge in [-0.2, -0.15) is 0 Å². The number of amides is 1. The summed E-state index contributed by atoms with van der Waals surface area (Å²) in [5.74, 6) is 0.153. The van der Waals surface area contributed by atoms with E-state index < -0.39 is 9.84 Å². The predicted octanol–water partition coefficient (Wildman–Crippen LogP) is 2.10. The molecule has 2 heterocycles. The summed E-state index contributed by atoms with van der Waals surface area (Å²) in [6, 6.07) is 7.20. The first kappa shape index (κ1) is 18.3. The summed E-state index contributed by atoms with van der Waals surface area (Å²) in [5.41, 5.74) is 3.32. The average Bonchev–Trinajstić information content (AvgIpc) is 2.96. The Labute approximate surface area is 153 Å². The van der Waals surface area contributed by atoms with Gasteiger partial charge < -0.3 is 10.2 Å². The van der Waals surface area contributed by atoms with Crippen molar-refractivity contribution in [2.24, 2.45) is 0 Å². The Bertz CT molecular complexity index is 943. The summed E-state index contributed by atoms with van der Waals surface area (Å²) in [6.45, 7) is 4.00. The van der Waals surface area contributed by atoms with E-state index in [1.807, 2.05) is 32.0 Å². The van der Waals surface area contributed by atoms with Gasteiger partial charge in [-0.05, 0) is 38.0 Å². The van der Waals surface area contributed by atoms with Crippen molar-refractivity contribution in [3.63, 3.8) is 0 Å². The lowest BCUT2D eigenvalue weighted by molar-refractivity contribution is 0.0741. The smallest absolute Gasteiger partial charge is 0.272 e. The molecule has 0 spiro atoms. The highest BCUT2D eigenvalue weighted by Gasteiger charge is 2.33. The number of aromatic nitrogens is 2. The van der Waals surface area contributed by atoms with Crippen LogP contribution in [0.15, 0.2) is 30.5 Å². The van der Waals surface area contributed by atoms with Crippen LogP contribution < -0.4 is 5.32 Å².